The van der Waals surface area contributed by atoms with Gasteiger partial charge in [0.1, 0.15) is 18.2 Å². The van der Waals surface area contributed by atoms with Crippen LogP contribution in [0, 0.1) is 11.8 Å². The van der Waals surface area contributed by atoms with Crippen LogP contribution in [0.1, 0.15) is 89.6 Å². The van der Waals surface area contributed by atoms with E-state index in [1.54, 1.807) is 11.1 Å². The summed E-state index contributed by atoms with van der Waals surface area (Å²) in [7, 11) is 0. The Kier molecular flexibility index (Phi) is 6.52. The van der Waals surface area contributed by atoms with Gasteiger partial charge in [0.15, 0.2) is 0 Å². The number of hydrogen-bond donors (Lipinski definition) is 3. The smallest absolute Gasteiger partial charge is 0.131 e. The van der Waals surface area contributed by atoms with E-state index in [4.69, 9.17) is 4.99 Å². The third-order valence-electron chi connectivity index (χ3n) is 14.7. The fourth-order valence-corrected chi connectivity index (χ4v) is 11.7. The number of H-pyrrole nitrogens is 1. The molecule has 13 rings (SSSR count). The van der Waals surface area contributed by atoms with Crippen LogP contribution in [-0.2, 0) is 5.41 Å². The van der Waals surface area contributed by atoms with Crippen molar-refractivity contribution in [3.05, 3.63) is 190 Å². The van der Waals surface area contributed by atoms with E-state index in [-0.39, 0.29) is 17.7 Å². The molecule has 7 unspecified atom stereocenters. The van der Waals surface area contributed by atoms with Crippen molar-refractivity contribution in [2.24, 2.45) is 16.8 Å². The quantitative estimate of drug-likeness (QED) is 0.169. The molecule has 2 saturated carbocycles. The molecule has 276 valence electrons. The zero-order chi connectivity index (χ0) is 37.6. The van der Waals surface area contributed by atoms with Crippen LogP contribution in [-0.4, -0.2) is 17.0 Å². The molecule has 0 amide bonds. The van der Waals surface area contributed by atoms with E-state index < -0.39 is 0 Å². The fraction of sp³-hybridized carbons (Fsp3) is 0.226. The lowest BCUT2D eigenvalue weighted by Gasteiger charge is -2.44. The molecule has 4 nitrogen and oxygen atoms in total. The molecule has 0 radical (unpaired) electrons. The molecule has 2 heterocycles. The number of fused-ring (bicyclic) bond motifs is 14. The van der Waals surface area contributed by atoms with Gasteiger partial charge >= 0.3 is 0 Å². The summed E-state index contributed by atoms with van der Waals surface area (Å²) in [6, 6.07) is 47.5. The van der Waals surface area contributed by atoms with E-state index in [1.807, 2.05) is 0 Å². The highest BCUT2D eigenvalue weighted by molar-refractivity contribution is 6.08. The largest absolute Gasteiger partial charge is 0.354 e. The highest BCUT2D eigenvalue weighted by Crippen LogP contribution is 2.64. The van der Waals surface area contributed by atoms with Gasteiger partial charge in [-0.25, -0.2) is 4.99 Å². The van der Waals surface area contributed by atoms with E-state index >= 15 is 0 Å². The standard InChI is InChI=1S/C53H44N4/c1-53(2)43-25-20-30(27-42(43)48-44(53)26-24-37-34-23-22-33(34)32-13-6-7-15-36(32)47(37)48)46-38-21-19-31(28-41(38)46)51-55-50(29-11-4-3-5-12-29)56-52(57-51)40-17-10-16-39-35-14-8-9-18-45(35)54-49(39)40/h3-21,24-28,33-34,38,41,46,51-52,54,57H,22-23H2,1-2H3,(H,55,56). The molecule has 3 N–H and O–H groups in total. The van der Waals surface area contributed by atoms with E-state index in [9.17, 15) is 0 Å². The minimum Gasteiger partial charge on any atom is -0.354 e. The Labute approximate surface area is 333 Å². The highest BCUT2D eigenvalue weighted by Gasteiger charge is 2.51. The van der Waals surface area contributed by atoms with Crippen molar-refractivity contribution >= 4 is 27.6 Å². The molecule has 57 heavy (non-hydrogen) atoms. The molecular weight excluding hydrogens is 693 g/mol. The third kappa shape index (κ3) is 4.51. The number of aliphatic imine (C=N–C) groups is 1. The van der Waals surface area contributed by atoms with Crippen LogP contribution in [0.15, 0.2) is 156 Å². The van der Waals surface area contributed by atoms with Crippen LogP contribution in [0.25, 0.3) is 44.1 Å². The Morgan fingerprint density at radius 1 is 0.649 bits per heavy atom. The second kappa shape index (κ2) is 11.6. The number of allylic oxidation sites excluding steroid dienone is 2. The van der Waals surface area contributed by atoms with E-state index in [2.05, 4.69) is 175 Å². The lowest BCUT2D eigenvalue weighted by Crippen LogP contribution is -2.52. The summed E-state index contributed by atoms with van der Waals surface area (Å²) >= 11 is 0. The van der Waals surface area contributed by atoms with Crippen LogP contribution in [0.5, 0.6) is 0 Å². The van der Waals surface area contributed by atoms with Gasteiger partial charge in [0, 0.05) is 32.8 Å². The predicted octanol–water partition coefficient (Wildman–Crippen LogP) is 11.8. The molecule has 2 fully saturated rings. The third-order valence-corrected chi connectivity index (χ3v) is 14.7. The summed E-state index contributed by atoms with van der Waals surface area (Å²) < 4.78 is 0. The number of nitrogens with zero attached hydrogens (tertiary/aromatic N) is 1. The van der Waals surface area contributed by atoms with Crippen molar-refractivity contribution in [1.29, 1.82) is 0 Å². The van der Waals surface area contributed by atoms with Gasteiger partial charge in [0.25, 0.3) is 0 Å². The molecule has 6 aliphatic rings. The van der Waals surface area contributed by atoms with Crippen LogP contribution in [0.3, 0.4) is 0 Å². The number of rotatable bonds is 4. The van der Waals surface area contributed by atoms with Gasteiger partial charge in [0.05, 0.1) is 5.52 Å². The average Bonchev–Trinajstić information content (AvgIpc) is 3.76. The topological polar surface area (TPSA) is 52.2 Å². The van der Waals surface area contributed by atoms with Crippen molar-refractivity contribution in [2.45, 2.75) is 62.2 Å². The fourth-order valence-electron chi connectivity index (χ4n) is 11.7. The molecule has 0 spiro atoms. The molecule has 0 bridgehead atoms. The summed E-state index contributed by atoms with van der Waals surface area (Å²) in [5.74, 6) is 3.70. The average molecular weight is 737 g/mol. The highest BCUT2D eigenvalue weighted by atomic mass is 15.3. The van der Waals surface area contributed by atoms with Crippen LogP contribution in [0.2, 0.25) is 0 Å². The second-order valence-electron chi connectivity index (χ2n) is 17.9. The maximum atomic E-state index is 5.32. The minimum absolute atomic E-state index is 0.0308. The van der Waals surface area contributed by atoms with Gasteiger partial charge in [-0.05, 0) is 104 Å². The van der Waals surface area contributed by atoms with E-state index in [0.717, 1.165) is 28.0 Å². The second-order valence-corrected chi connectivity index (χ2v) is 17.9. The summed E-state index contributed by atoms with van der Waals surface area (Å²) in [6.45, 7) is 4.87. The van der Waals surface area contributed by atoms with Crippen LogP contribution < -0.4 is 10.6 Å². The minimum atomic E-state index is -0.225. The molecule has 7 aromatic rings. The predicted molar refractivity (Wildman–Crippen MR) is 233 cm³/mol. The van der Waals surface area contributed by atoms with Gasteiger partial charge in [0.2, 0.25) is 0 Å². The number of benzene rings is 6. The first-order valence-corrected chi connectivity index (χ1v) is 21.0. The summed E-state index contributed by atoms with van der Waals surface area (Å²) in [5.41, 5.74) is 19.3. The Hall–Kier alpha value is -5.97. The molecule has 7 atom stereocenters. The molecule has 1 aliphatic heterocycles. The lowest BCUT2D eigenvalue weighted by atomic mass is 9.60. The zero-order valence-corrected chi connectivity index (χ0v) is 32.3. The van der Waals surface area contributed by atoms with Gasteiger partial charge in [-0.3, -0.25) is 5.32 Å². The maximum Gasteiger partial charge on any atom is 0.131 e. The molecular formula is C53H44N4. The number of para-hydroxylation sites is 2. The lowest BCUT2D eigenvalue weighted by molar-refractivity contribution is 0.343. The zero-order valence-electron chi connectivity index (χ0n) is 32.3. The van der Waals surface area contributed by atoms with Crippen molar-refractivity contribution in [1.82, 2.24) is 15.6 Å². The van der Waals surface area contributed by atoms with Gasteiger partial charge in [-0.2, -0.15) is 0 Å². The van der Waals surface area contributed by atoms with Crippen LogP contribution in [0.4, 0.5) is 0 Å². The SMILES string of the molecule is CC1(C)c2ccc(C3C4C=CC(C5NC(c6ccccc6)=NC(c6cccc7c6[nH]c6ccccc67)N5)=CC43)cc2-c2c1ccc1c2-c2ccccc2C2CCC12. The molecule has 1 aromatic heterocycles. The monoisotopic (exact) mass is 736 g/mol. The molecule has 4 heteroatoms. The van der Waals surface area contributed by atoms with Crippen molar-refractivity contribution in [2.75, 3.05) is 0 Å². The summed E-state index contributed by atoms with van der Waals surface area (Å²) in [5, 5.41) is 10.2. The van der Waals surface area contributed by atoms with Gasteiger partial charge in [-0.1, -0.05) is 153 Å². The first-order chi connectivity index (χ1) is 28.0. The first-order valence-electron chi connectivity index (χ1n) is 21.0. The van der Waals surface area contributed by atoms with Crippen molar-refractivity contribution in [3.63, 3.8) is 0 Å². The summed E-state index contributed by atoms with van der Waals surface area (Å²) in [4.78, 5) is 9.05. The van der Waals surface area contributed by atoms with E-state index in [1.165, 1.54) is 68.1 Å². The van der Waals surface area contributed by atoms with Gasteiger partial charge < -0.3 is 10.3 Å². The Balaban J connectivity index is 0.863. The number of hydrogen-bond acceptors (Lipinski definition) is 3. The van der Waals surface area contributed by atoms with Gasteiger partial charge in [-0.15, -0.1) is 0 Å². The number of aromatic nitrogens is 1. The van der Waals surface area contributed by atoms with Crippen molar-refractivity contribution < 1.29 is 0 Å². The number of aromatic amines is 1. The maximum absolute atomic E-state index is 5.32. The molecule has 5 aliphatic carbocycles. The molecule has 0 saturated heterocycles. The number of amidine groups is 1. The number of nitrogens with one attached hydrogen (secondary N) is 3. The summed E-state index contributed by atoms with van der Waals surface area (Å²) in [6.07, 6.45) is 9.70. The Bertz CT molecular complexity index is 2940. The Morgan fingerprint density at radius 2 is 1.42 bits per heavy atom. The first kappa shape index (κ1) is 32.2. The Morgan fingerprint density at radius 3 is 2.32 bits per heavy atom. The van der Waals surface area contributed by atoms with E-state index in [0.29, 0.717) is 29.6 Å². The van der Waals surface area contributed by atoms with Crippen molar-refractivity contribution in [3.8, 4) is 22.3 Å². The molecule has 6 aromatic carbocycles. The van der Waals surface area contributed by atoms with Crippen LogP contribution >= 0.6 is 0 Å². The normalized spacial score (nSPS) is 26.8.